The van der Waals surface area contributed by atoms with Gasteiger partial charge in [-0.1, -0.05) is 19.1 Å². The molecule has 0 radical (unpaired) electrons. The molecule has 17 heavy (non-hydrogen) atoms. The Bertz CT molecular complexity index is 424. The van der Waals surface area contributed by atoms with Gasteiger partial charge in [-0.3, -0.25) is 4.79 Å². The second-order valence-electron chi connectivity index (χ2n) is 3.49. The van der Waals surface area contributed by atoms with Crippen LogP contribution >= 0.6 is 0 Å². The van der Waals surface area contributed by atoms with Crippen molar-refractivity contribution in [1.82, 2.24) is 5.32 Å². The number of benzene rings is 1. The lowest BCUT2D eigenvalue weighted by atomic mass is 10.1. The summed E-state index contributed by atoms with van der Waals surface area (Å²) in [6.07, 6.45) is -0.0216. The molecule has 0 spiro atoms. The molecule has 90 valence electrons. The minimum absolute atomic E-state index is 0.291. The van der Waals surface area contributed by atoms with Gasteiger partial charge in [0.1, 0.15) is 6.07 Å². The Morgan fingerprint density at radius 2 is 2.29 bits per heavy atom. The summed E-state index contributed by atoms with van der Waals surface area (Å²) >= 11 is 0. The van der Waals surface area contributed by atoms with Gasteiger partial charge in [0.25, 0.3) is 5.91 Å². The number of rotatable bonds is 5. The fourth-order valence-electron chi connectivity index (χ4n) is 1.41. The third kappa shape index (κ3) is 3.89. The van der Waals surface area contributed by atoms with Crippen molar-refractivity contribution in [1.29, 1.82) is 5.26 Å². The number of nitriles is 1. The molecule has 1 aromatic carbocycles. The number of amides is 1. The highest BCUT2D eigenvalue weighted by molar-refractivity contribution is 5.94. The first-order valence-corrected chi connectivity index (χ1v) is 5.62. The van der Waals surface area contributed by atoms with E-state index in [4.69, 9.17) is 10.00 Å². The highest BCUT2D eigenvalue weighted by atomic mass is 16.5. The van der Waals surface area contributed by atoms with Crippen LogP contribution in [-0.2, 0) is 11.2 Å². The van der Waals surface area contributed by atoms with Gasteiger partial charge in [-0.05, 0) is 31.0 Å². The zero-order valence-corrected chi connectivity index (χ0v) is 10.1. The minimum Gasteiger partial charge on any atom is -0.346 e. The molecule has 0 fully saturated rings. The second-order valence-corrected chi connectivity index (χ2v) is 3.49. The van der Waals surface area contributed by atoms with Crippen LogP contribution in [0.2, 0.25) is 0 Å². The van der Waals surface area contributed by atoms with Gasteiger partial charge >= 0.3 is 0 Å². The third-order valence-electron chi connectivity index (χ3n) is 2.31. The van der Waals surface area contributed by atoms with Gasteiger partial charge < -0.3 is 10.1 Å². The largest absolute Gasteiger partial charge is 0.346 e. The first-order chi connectivity index (χ1) is 8.21. The van der Waals surface area contributed by atoms with Crippen molar-refractivity contribution in [2.75, 3.05) is 6.61 Å². The molecule has 0 aliphatic heterocycles. The van der Waals surface area contributed by atoms with E-state index in [-0.39, 0.29) is 5.91 Å². The van der Waals surface area contributed by atoms with E-state index < -0.39 is 6.23 Å². The van der Waals surface area contributed by atoms with Gasteiger partial charge in [0.2, 0.25) is 6.23 Å². The van der Waals surface area contributed by atoms with Crippen LogP contribution in [0.5, 0.6) is 0 Å². The Kier molecular flexibility index (Phi) is 5.18. The van der Waals surface area contributed by atoms with Crippen molar-refractivity contribution in [3.63, 3.8) is 0 Å². The molecule has 0 aliphatic carbocycles. The van der Waals surface area contributed by atoms with Gasteiger partial charge in [0.05, 0.1) is 0 Å². The molecular weight excluding hydrogens is 216 g/mol. The quantitative estimate of drug-likeness (QED) is 0.788. The molecular formula is C13H16N2O2. The van der Waals surface area contributed by atoms with Crippen molar-refractivity contribution < 1.29 is 9.53 Å². The summed E-state index contributed by atoms with van der Waals surface area (Å²) in [4.78, 5) is 11.8. The summed E-state index contributed by atoms with van der Waals surface area (Å²) in [6.45, 7) is 4.18. The first kappa shape index (κ1) is 13.2. The van der Waals surface area contributed by atoms with Crippen molar-refractivity contribution in [3.05, 3.63) is 35.4 Å². The second kappa shape index (κ2) is 6.66. The van der Waals surface area contributed by atoms with E-state index in [0.717, 1.165) is 12.0 Å². The molecule has 1 atom stereocenters. The lowest BCUT2D eigenvalue weighted by Gasteiger charge is -2.11. The van der Waals surface area contributed by atoms with Gasteiger partial charge in [0, 0.05) is 12.2 Å². The summed E-state index contributed by atoms with van der Waals surface area (Å²) in [5.41, 5.74) is 1.63. The number of carbonyl (C=O) groups is 1. The van der Waals surface area contributed by atoms with Crippen molar-refractivity contribution >= 4 is 5.91 Å². The number of nitrogens with one attached hydrogen (secondary N) is 1. The Morgan fingerprint density at radius 3 is 2.88 bits per heavy atom. The molecule has 1 N–H and O–H groups in total. The van der Waals surface area contributed by atoms with Crippen LogP contribution in [0.3, 0.4) is 0 Å². The fourth-order valence-corrected chi connectivity index (χ4v) is 1.41. The summed E-state index contributed by atoms with van der Waals surface area (Å²) in [6, 6.07) is 9.20. The van der Waals surface area contributed by atoms with Crippen LogP contribution in [0.1, 0.15) is 29.8 Å². The van der Waals surface area contributed by atoms with E-state index >= 15 is 0 Å². The van der Waals surface area contributed by atoms with E-state index in [1.165, 1.54) is 0 Å². The van der Waals surface area contributed by atoms with Crippen molar-refractivity contribution in [2.45, 2.75) is 26.5 Å². The number of hydrogen-bond donors (Lipinski definition) is 1. The molecule has 0 aliphatic rings. The Balaban J connectivity index is 2.72. The third-order valence-corrected chi connectivity index (χ3v) is 2.31. The summed E-state index contributed by atoms with van der Waals surface area (Å²) < 4.78 is 5.05. The molecule has 4 nitrogen and oxygen atoms in total. The van der Waals surface area contributed by atoms with Crippen LogP contribution in [0, 0.1) is 11.3 Å². The van der Waals surface area contributed by atoms with Crippen LogP contribution in [0.15, 0.2) is 24.3 Å². The maximum Gasteiger partial charge on any atom is 0.254 e. The predicted molar refractivity (Wildman–Crippen MR) is 64.3 cm³/mol. The van der Waals surface area contributed by atoms with E-state index in [1.807, 2.05) is 31.2 Å². The van der Waals surface area contributed by atoms with Crippen LogP contribution in [0.4, 0.5) is 0 Å². The first-order valence-electron chi connectivity index (χ1n) is 5.62. The Labute approximate surface area is 101 Å². The van der Waals surface area contributed by atoms with Crippen LogP contribution in [-0.4, -0.2) is 18.7 Å². The van der Waals surface area contributed by atoms with E-state index in [1.54, 1.807) is 13.0 Å². The molecule has 1 unspecified atom stereocenters. The standard InChI is InChI=1S/C13H16N2O2/c1-3-10-6-5-7-11(8-10)13(16)15-12(9-14)17-4-2/h5-8,12H,3-4H2,1-2H3,(H,15,16). The number of carbonyl (C=O) groups excluding carboxylic acids is 1. The maximum atomic E-state index is 11.8. The van der Waals surface area contributed by atoms with Gasteiger partial charge in [0.15, 0.2) is 0 Å². The van der Waals surface area contributed by atoms with E-state index in [2.05, 4.69) is 5.32 Å². The number of hydrogen-bond acceptors (Lipinski definition) is 3. The van der Waals surface area contributed by atoms with Crippen molar-refractivity contribution in [3.8, 4) is 6.07 Å². The summed E-state index contributed by atoms with van der Waals surface area (Å²) in [5.74, 6) is -0.291. The van der Waals surface area contributed by atoms with Crippen LogP contribution < -0.4 is 5.32 Å². The Morgan fingerprint density at radius 1 is 1.53 bits per heavy atom. The molecule has 4 heteroatoms. The highest BCUT2D eigenvalue weighted by Crippen LogP contribution is 2.06. The summed E-state index contributed by atoms with van der Waals surface area (Å²) in [7, 11) is 0. The van der Waals surface area contributed by atoms with E-state index in [9.17, 15) is 4.79 Å². The lowest BCUT2D eigenvalue weighted by molar-refractivity contribution is 0.0615. The van der Waals surface area contributed by atoms with E-state index in [0.29, 0.717) is 12.2 Å². The predicted octanol–water partition coefficient (Wildman–Crippen LogP) is 1.86. The van der Waals surface area contributed by atoms with Gasteiger partial charge in [-0.15, -0.1) is 0 Å². The monoisotopic (exact) mass is 232 g/mol. The molecule has 0 heterocycles. The average molecular weight is 232 g/mol. The molecule has 0 aromatic heterocycles. The molecule has 0 saturated carbocycles. The molecule has 1 aromatic rings. The van der Waals surface area contributed by atoms with Crippen molar-refractivity contribution in [2.24, 2.45) is 0 Å². The SMILES string of the molecule is CCOC(C#N)NC(=O)c1cccc(CC)c1. The number of aryl methyl sites for hydroxylation is 1. The summed E-state index contributed by atoms with van der Waals surface area (Å²) in [5, 5.41) is 11.3. The van der Waals surface area contributed by atoms with Gasteiger partial charge in [-0.25, -0.2) is 0 Å². The average Bonchev–Trinajstić information content (AvgIpc) is 2.38. The molecule has 1 amide bonds. The van der Waals surface area contributed by atoms with Crippen LogP contribution in [0.25, 0.3) is 0 Å². The highest BCUT2D eigenvalue weighted by Gasteiger charge is 2.12. The number of ether oxygens (including phenoxy) is 1. The normalized spacial score (nSPS) is 11.6. The maximum absolute atomic E-state index is 11.8. The minimum atomic E-state index is -0.891. The zero-order chi connectivity index (χ0) is 12.7. The topological polar surface area (TPSA) is 62.1 Å². The Hall–Kier alpha value is -1.86. The molecule has 0 bridgehead atoms. The number of nitrogens with zero attached hydrogens (tertiary/aromatic N) is 1. The fraction of sp³-hybridized carbons (Fsp3) is 0.385. The van der Waals surface area contributed by atoms with Gasteiger partial charge in [-0.2, -0.15) is 5.26 Å². The smallest absolute Gasteiger partial charge is 0.254 e. The molecule has 0 saturated heterocycles. The zero-order valence-electron chi connectivity index (χ0n) is 10.1. The lowest BCUT2D eigenvalue weighted by Crippen LogP contribution is -2.35. The molecule has 1 rings (SSSR count).